The van der Waals surface area contributed by atoms with Crippen molar-refractivity contribution in [2.75, 3.05) is 32.0 Å². The topological polar surface area (TPSA) is 27.7 Å². The normalized spacial score (nSPS) is 23.8. The molecule has 0 amide bonds. The van der Waals surface area contributed by atoms with Crippen molar-refractivity contribution in [1.82, 2.24) is 9.80 Å². The molecular formula is C22H31N3O. The molecule has 1 N–H and O–H groups in total. The van der Waals surface area contributed by atoms with Crippen LogP contribution in [0.3, 0.4) is 0 Å². The number of rotatable bonds is 3. The van der Waals surface area contributed by atoms with Crippen LogP contribution in [-0.2, 0) is 0 Å². The number of likely N-dealkylation sites (N-methyl/N-ethyl adjacent to an activating group) is 1. The third kappa shape index (κ3) is 2.95. The van der Waals surface area contributed by atoms with E-state index in [0.717, 1.165) is 31.1 Å². The zero-order valence-corrected chi connectivity index (χ0v) is 16.7. The number of hydrogen-bond acceptors (Lipinski definition) is 4. The molecule has 0 aliphatic carbocycles. The molecule has 1 aromatic carbocycles. The van der Waals surface area contributed by atoms with E-state index in [0.29, 0.717) is 5.92 Å². The first-order valence-corrected chi connectivity index (χ1v) is 9.83. The summed E-state index contributed by atoms with van der Waals surface area (Å²) in [7, 11) is 2.21. The minimum Gasteiger partial charge on any atom is -0.484 e. The molecule has 4 heteroatoms. The Morgan fingerprint density at radius 1 is 1.23 bits per heavy atom. The summed E-state index contributed by atoms with van der Waals surface area (Å²) >= 11 is 0. The average molecular weight is 354 g/mol. The van der Waals surface area contributed by atoms with Gasteiger partial charge in [-0.25, -0.2) is 0 Å². The Hall–Kier alpha value is -2.10. The number of benzene rings is 1. The lowest BCUT2D eigenvalue weighted by atomic mass is 9.92. The number of allylic oxidation sites excluding steroid dienone is 2. The molecule has 0 saturated carbocycles. The van der Waals surface area contributed by atoms with Gasteiger partial charge in [0.05, 0.1) is 18.3 Å². The van der Waals surface area contributed by atoms with Crippen molar-refractivity contribution in [3.63, 3.8) is 0 Å². The largest absolute Gasteiger partial charge is 0.484 e. The average Bonchev–Trinajstić information content (AvgIpc) is 2.53. The van der Waals surface area contributed by atoms with Crippen LogP contribution in [0.25, 0.3) is 0 Å². The standard InChI is InChI=1S/C22H31N3O/c1-15(2)16-12-17(21-19(13-16)26-22(3,4)14-23-21)18-8-6-9-20(24(18)5)25-10-7-11-25/h6,8-9,12-13,15,18,23H,7,10-11,14H2,1-5H3. The van der Waals surface area contributed by atoms with Crippen molar-refractivity contribution in [2.45, 2.75) is 51.7 Å². The molecule has 1 fully saturated rings. The van der Waals surface area contributed by atoms with Gasteiger partial charge in [0.1, 0.15) is 17.2 Å². The molecule has 26 heavy (non-hydrogen) atoms. The summed E-state index contributed by atoms with van der Waals surface area (Å²) in [4.78, 5) is 4.86. The monoisotopic (exact) mass is 353 g/mol. The van der Waals surface area contributed by atoms with E-state index >= 15 is 0 Å². The minimum absolute atomic E-state index is 0.184. The molecule has 3 heterocycles. The fourth-order valence-electron chi connectivity index (χ4n) is 3.95. The van der Waals surface area contributed by atoms with Crippen molar-refractivity contribution in [3.05, 3.63) is 47.3 Å². The second-order valence-electron chi connectivity index (χ2n) is 8.66. The number of nitrogens with zero attached hydrogens (tertiary/aromatic N) is 2. The van der Waals surface area contributed by atoms with E-state index in [1.807, 2.05) is 0 Å². The molecule has 1 aromatic rings. The van der Waals surface area contributed by atoms with E-state index in [2.05, 4.69) is 80.2 Å². The molecule has 3 aliphatic heterocycles. The van der Waals surface area contributed by atoms with Crippen molar-refractivity contribution in [2.24, 2.45) is 0 Å². The summed E-state index contributed by atoms with van der Waals surface area (Å²) in [5.74, 6) is 2.78. The first-order chi connectivity index (χ1) is 12.4. The second-order valence-corrected chi connectivity index (χ2v) is 8.66. The van der Waals surface area contributed by atoms with Gasteiger partial charge in [0.15, 0.2) is 0 Å². The van der Waals surface area contributed by atoms with Gasteiger partial charge in [-0.1, -0.05) is 32.1 Å². The summed E-state index contributed by atoms with van der Waals surface area (Å²) in [6.45, 7) is 11.9. The number of nitrogens with one attached hydrogen (secondary N) is 1. The second kappa shape index (κ2) is 6.26. The lowest BCUT2D eigenvalue weighted by Gasteiger charge is -2.44. The highest BCUT2D eigenvalue weighted by molar-refractivity contribution is 5.67. The molecule has 1 saturated heterocycles. The number of likely N-dealkylation sites (tertiary alicyclic amines) is 1. The molecule has 1 unspecified atom stereocenters. The van der Waals surface area contributed by atoms with E-state index in [4.69, 9.17) is 4.74 Å². The molecule has 0 bridgehead atoms. The zero-order valence-electron chi connectivity index (χ0n) is 16.7. The Bertz CT molecular complexity index is 759. The van der Waals surface area contributed by atoms with Crippen molar-refractivity contribution >= 4 is 5.69 Å². The van der Waals surface area contributed by atoms with Crippen LogP contribution < -0.4 is 10.1 Å². The zero-order chi connectivity index (χ0) is 18.5. The number of ether oxygens (including phenoxy) is 1. The summed E-state index contributed by atoms with van der Waals surface area (Å²) in [6.07, 6.45) is 8.04. The van der Waals surface area contributed by atoms with E-state index in [-0.39, 0.29) is 11.6 Å². The molecule has 4 rings (SSSR count). The molecule has 140 valence electrons. The van der Waals surface area contributed by atoms with E-state index in [9.17, 15) is 0 Å². The number of fused-ring (bicyclic) bond motifs is 1. The predicted molar refractivity (Wildman–Crippen MR) is 108 cm³/mol. The first-order valence-electron chi connectivity index (χ1n) is 9.83. The van der Waals surface area contributed by atoms with Gasteiger partial charge in [-0.3, -0.25) is 0 Å². The summed E-state index contributed by atoms with van der Waals surface area (Å²) in [5.41, 5.74) is 3.61. The van der Waals surface area contributed by atoms with Gasteiger partial charge in [-0.15, -0.1) is 0 Å². The van der Waals surface area contributed by atoms with Crippen LogP contribution in [0, 0.1) is 0 Å². The van der Waals surface area contributed by atoms with Crippen LogP contribution in [-0.4, -0.2) is 42.1 Å². The van der Waals surface area contributed by atoms with Gasteiger partial charge in [0.2, 0.25) is 0 Å². The third-order valence-electron chi connectivity index (χ3n) is 5.71. The molecule has 4 nitrogen and oxygen atoms in total. The molecule has 0 radical (unpaired) electrons. The SMILES string of the molecule is CC(C)c1cc2c(c(C3C=CC=C(N4CCC4)N3C)c1)NCC(C)(C)O2. The lowest BCUT2D eigenvalue weighted by molar-refractivity contribution is 0.115. The maximum atomic E-state index is 6.35. The minimum atomic E-state index is -0.184. The summed E-state index contributed by atoms with van der Waals surface area (Å²) < 4.78 is 6.35. The van der Waals surface area contributed by atoms with E-state index < -0.39 is 0 Å². The molecule has 1 atom stereocenters. The van der Waals surface area contributed by atoms with Gasteiger partial charge in [0, 0.05) is 25.7 Å². The number of hydrogen-bond donors (Lipinski definition) is 1. The number of anilines is 1. The Morgan fingerprint density at radius 2 is 2.00 bits per heavy atom. The molecule has 0 aromatic heterocycles. The maximum Gasteiger partial charge on any atom is 0.143 e. The predicted octanol–water partition coefficient (Wildman–Crippen LogP) is 4.48. The van der Waals surface area contributed by atoms with Crippen LogP contribution in [0.15, 0.2) is 36.2 Å². The van der Waals surface area contributed by atoms with Gasteiger partial charge in [-0.2, -0.15) is 0 Å². The quantitative estimate of drug-likeness (QED) is 0.867. The van der Waals surface area contributed by atoms with Crippen molar-refractivity contribution in [1.29, 1.82) is 0 Å². The van der Waals surface area contributed by atoms with Crippen LogP contribution in [0.4, 0.5) is 5.69 Å². The Morgan fingerprint density at radius 3 is 2.65 bits per heavy atom. The Balaban J connectivity index is 1.75. The highest BCUT2D eigenvalue weighted by Gasteiger charge is 2.33. The van der Waals surface area contributed by atoms with Gasteiger partial charge < -0.3 is 19.9 Å². The fourth-order valence-corrected chi connectivity index (χ4v) is 3.95. The Kier molecular flexibility index (Phi) is 4.17. The lowest BCUT2D eigenvalue weighted by Crippen LogP contribution is -2.44. The smallest absolute Gasteiger partial charge is 0.143 e. The molecule has 0 spiro atoms. The highest BCUT2D eigenvalue weighted by atomic mass is 16.5. The first kappa shape index (κ1) is 17.3. The van der Waals surface area contributed by atoms with E-state index in [1.54, 1.807) is 0 Å². The van der Waals surface area contributed by atoms with Gasteiger partial charge in [0.25, 0.3) is 0 Å². The van der Waals surface area contributed by atoms with Crippen molar-refractivity contribution < 1.29 is 4.74 Å². The molecular weight excluding hydrogens is 322 g/mol. The third-order valence-corrected chi connectivity index (χ3v) is 5.71. The molecule has 3 aliphatic rings. The van der Waals surface area contributed by atoms with Crippen molar-refractivity contribution in [3.8, 4) is 5.75 Å². The van der Waals surface area contributed by atoms with Gasteiger partial charge in [-0.05, 0) is 43.9 Å². The van der Waals surface area contributed by atoms with Crippen LogP contribution in [0.5, 0.6) is 5.75 Å². The van der Waals surface area contributed by atoms with Crippen LogP contribution in [0.1, 0.15) is 57.2 Å². The summed E-state index contributed by atoms with van der Waals surface area (Å²) in [5, 5.41) is 3.66. The van der Waals surface area contributed by atoms with Crippen LogP contribution >= 0.6 is 0 Å². The van der Waals surface area contributed by atoms with E-state index in [1.165, 1.54) is 23.4 Å². The van der Waals surface area contributed by atoms with Crippen LogP contribution in [0.2, 0.25) is 0 Å². The Labute approximate surface area is 157 Å². The maximum absolute atomic E-state index is 6.35. The van der Waals surface area contributed by atoms with Gasteiger partial charge >= 0.3 is 0 Å². The highest BCUT2D eigenvalue weighted by Crippen LogP contribution is 2.44. The fraction of sp³-hybridized carbons (Fsp3) is 0.545. The summed E-state index contributed by atoms with van der Waals surface area (Å²) in [6, 6.07) is 4.80.